The fourth-order valence-corrected chi connectivity index (χ4v) is 4.46. The molecular weight excluding hydrogens is 444 g/mol. The lowest BCUT2D eigenvalue weighted by atomic mass is 9.97. The van der Waals surface area contributed by atoms with E-state index in [9.17, 15) is 14.4 Å². The van der Waals surface area contributed by atoms with Crippen LogP contribution in [0.5, 0.6) is 5.75 Å². The third kappa shape index (κ3) is 5.59. The number of benzene rings is 2. The van der Waals surface area contributed by atoms with Crippen LogP contribution < -0.4 is 10.1 Å². The predicted octanol–water partition coefficient (Wildman–Crippen LogP) is 4.07. The Balaban J connectivity index is 1.31. The Kier molecular flexibility index (Phi) is 7.29. The molecule has 0 bridgehead atoms. The molecule has 2 atom stereocenters. The first-order valence-electron chi connectivity index (χ1n) is 11.8. The van der Waals surface area contributed by atoms with Crippen molar-refractivity contribution in [3.63, 3.8) is 0 Å². The van der Waals surface area contributed by atoms with E-state index in [4.69, 9.17) is 4.74 Å². The van der Waals surface area contributed by atoms with Crippen LogP contribution in [-0.4, -0.2) is 50.7 Å². The fraction of sp³-hybridized carbons (Fsp3) is 0.333. The van der Waals surface area contributed by atoms with Gasteiger partial charge >= 0.3 is 0 Å². The van der Waals surface area contributed by atoms with Crippen molar-refractivity contribution in [1.82, 2.24) is 14.5 Å². The number of amides is 2. The summed E-state index contributed by atoms with van der Waals surface area (Å²) in [6.45, 7) is 4.13. The third-order valence-corrected chi connectivity index (χ3v) is 6.39. The van der Waals surface area contributed by atoms with Crippen molar-refractivity contribution < 1.29 is 19.1 Å². The Morgan fingerprint density at radius 2 is 1.60 bits per heavy atom. The van der Waals surface area contributed by atoms with Crippen LogP contribution in [0.3, 0.4) is 0 Å². The van der Waals surface area contributed by atoms with Gasteiger partial charge in [-0.25, -0.2) is 4.98 Å². The first-order valence-corrected chi connectivity index (χ1v) is 11.8. The van der Waals surface area contributed by atoms with Gasteiger partial charge in [0.1, 0.15) is 5.75 Å². The van der Waals surface area contributed by atoms with E-state index in [-0.39, 0.29) is 36.3 Å². The van der Waals surface area contributed by atoms with Gasteiger partial charge in [0.2, 0.25) is 5.78 Å². The van der Waals surface area contributed by atoms with Crippen molar-refractivity contribution in [2.45, 2.75) is 45.2 Å². The lowest BCUT2D eigenvalue weighted by Crippen LogP contribution is -2.49. The summed E-state index contributed by atoms with van der Waals surface area (Å²) in [7, 11) is 1.76. The number of hydrogen-bond donors (Lipinski definition) is 1. The van der Waals surface area contributed by atoms with Gasteiger partial charge in [0.15, 0.2) is 12.4 Å². The summed E-state index contributed by atoms with van der Waals surface area (Å²) in [6.07, 6.45) is 6.47. The molecule has 1 aliphatic rings. The minimum atomic E-state index is -0.285. The maximum atomic E-state index is 12.6. The predicted molar refractivity (Wildman–Crippen MR) is 133 cm³/mol. The molecule has 1 saturated heterocycles. The molecule has 1 N–H and O–H groups in total. The molecule has 0 spiro atoms. The number of aryl methyl sites for hydroxylation is 1. The summed E-state index contributed by atoms with van der Waals surface area (Å²) in [5.74, 6) is 0.395. The monoisotopic (exact) mass is 474 g/mol. The second-order valence-corrected chi connectivity index (χ2v) is 8.97. The second kappa shape index (κ2) is 10.5. The molecule has 2 amide bonds. The lowest BCUT2D eigenvalue weighted by molar-refractivity contribution is -0.139. The smallest absolute Gasteiger partial charge is 0.260 e. The Bertz CT molecular complexity index is 1190. The molecule has 8 heteroatoms. The van der Waals surface area contributed by atoms with Crippen LogP contribution >= 0.6 is 0 Å². The summed E-state index contributed by atoms with van der Waals surface area (Å²) in [5.41, 5.74) is 1.51. The average molecular weight is 475 g/mol. The number of anilines is 1. The number of piperidine rings is 1. The van der Waals surface area contributed by atoms with Crippen LogP contribution in [0.25, 0.3) is 0 Å². The highest BCUT2D eigenvalue weighted by molar-refractivity contribution is 6.07. The topological polar surface area (TPSA) is 93.5 Å². The Labute approximate surface area is 204 Å². The van der Waals surface area contributed by atoms with Gasteiger partial charge in [0.25, 0.3) is 11.8 Å². The largest absolute Gasteiger partial charge is 0.484 e. The number of likely N-dealkylation sites (tertiary alicyclic amines) is 1. The number of rotatable bonds is 7. The Morgan fingerprint density at radius 3 is 2.20 bits per heavy atom. The highest BCUT2D eigenvalue weighted by Gasteiger charge is 2.29. The van der Waals surface area contributed by atoms with Gasteiger partial charge in [-0.3, -0.25) is 14.4 Å². The zero-order chi connectivity index (χ0) is 24.9. The molecule has 1 aromatic heterocycles. The van der Waals surface area contributed by atoms with E-state index >= 15 is 0 Å². The van der Waals surface area contributed by atoms with Crippen LogP contribution in [-0.2, 0) is 11.8 Å². The minimum absolute atomic E-state index is 0.0173. The summed E-state index contributed by atoms with van der Waals surface area (Å²) in [6, 6.07) is 13.8. The Morgan fingerprint density at radius 1 is 0.971 bits per heavy atom. The van der Waals surface area contributed by atoms with Gasteiger partial charge in [-0.1, -0.05) is 0 Å². The summed E-state index contributed by atoms with van der Waals surface area (Å²) in [5, 5.41) is 2.82. The number of ether oxygens (including phenoxy) is 1. The van der Waals surface area contributed by atoms with Crippen molar-refractivity contribution in [2.24, 2.45) is 7.05 Å². The summed E-state index contributed by atoms with van der Waals surface area (Å²) >= 11 is 0. The number of nitrogens with one attached hydrogen (secondary N) is 1. The number of nitrogens with zero attached hydrogens (tertiary/aromatic N) is 3. The van der Waals surface area contributed by atoms with Crippen molar-refractivity contribution in [1.29, 1.82) is 0 Å². The second-order valence-electron chi connectivity index (χ2n) is 8.97. The van der Waals surface area contributed by atoms with E-state index in [1.165, 1.54) is 0 Å². The number of carbonyl (C=O) groups is 3. The van der Waals surface area contributed by atoms with E-state index in [1.54, 1.807) is 72.5 Å². The third-order valence-electron chi connectivity index (χ3n) is 6.39. The van der Waals surface area contributed by atoms with E-state index in [0.717, 1.165) is 19.3 Å². The maximum Gasteiger partial charge on any atom is 0.260 e. The van der Waals surface area contributed by atoms with E-state index in [2.05, 4.69) is 24.1 Å². The molecule has 2 aromatic carbocycles. The zero-order valence-electron chi connectivity index (χ0n) is 20.2. The molecule has 0 aliphatic carbocycles. The molecule has 1 aliphatic heterocycles. The average Bonchev–Trinajstić information content (AvgIpc) is 3.28. The van der Waals surface area contributed by atoms with Gasteiger partial charge in [-0.2, -0.15) is 0 Å². The number of carbonyl (C=O) groups excluding carboxylic acids is 3. The molecule has 0 radical (unpaired) electrons. The summed E-state index contributed by atoms with van der Waals surface area (Å²) < 4.78 is 7.35. The summed E-state index contributed by atoms with van der Waals surface area (Å²) in [4.78, 5) is 43.8. The first kappa shape index (κ1) is 24.2. The first-order chi connectivity index (χ1) is 16.8. The fourth-order valence-electron chi connectivity index (χ4n) is 4.46. The van der Waals surface area contributed by atoms with Crippen molar-refractivity contribution in [3.05, 3.63) is 77.9 Å². The Hall–Kier alpha value is -3.94. The lowest BCUT2D eigenvalue weighted by Gasteiger charge is -2.38. The van der Waals surface area contributed by atoms with Crippen LogP contribution in [0, 0.1) is 0 Å². The molecule has 2 heterocycles. The van der Waals surface area contributed by atoms with Crippen LogP contribution in [0.2, 0.25) is 0 Å². The molecule has 8 nitrogen and oxygen atoms in total. The van der Waals surface area contributed by atoms with Crippen LogP contribution in [0.1, 0.15) is 59.7 Å². The van der Waals surface area contributed by atoms with E-state index < -0.39 is 0 Å². The molecule has 0 unspecified atom stereocenters. The van der Waals surface area contributed by atoms with Gasteiger partial charge in [0, 0.05) is 48.3 Å². The number of aromatic nitrogens is 2. The number of hydrogen-bond acceptors (Lipinski definition) is 5. The quantitative estimate of drug-likeness (QED) is 0.521. The van der Waals surface area contributed by atoms with Crippen LogP contribution in [0.15, 0.2) is 60.9 Å². The van der Waals surface area contributed by atoms with Crippen molar-refractivity contribution >= 4 is 23.3 Å². The molecular formula is C27H30N4O4. The van der Waals surface area contributed by atoms with E-state index in [1.807, 2.05) is 4.90 Å². The van der Waals surface area contributed by atoms with E-state index in [0.29, 0.717) is 28.4 Å². The highest BCUT2D eigenvalue weighted by atomic mass is 16.5. The van der Waals surface area contributed by atoms with Crippen molar-refractivity contribution in [3.8, 4) is 5.75 Å². The zero-order valence-corrected chi connectivity index (χ0v) is 20.2. The normalized spacial score (nSPS) is 17.6. The number of ketones is 1. The maximum absolute atomic E-state index is 12.6. The molecule has 1 fully saturated rings. The van der Waals surface area contributed by atoms with Crippen molar-refractivity contribution in [2.75, 3.05) is 11.9 Å². The molecule has 3 aromatic rings. The standard InChI is InChI=1S/C27H30N4O4/c1-18-5-4-6-19(2)31(18)24(32)17-35-23-13-9-21(10-14-23)27(34)29-22-11-7-20(8-12-22)25(33)26-28-15-16-30(26)3/h7-16,18-19H,4-6,17H2,1-3H3,(H,29,34)/t18-,19-/m0/s1. The SMILES string of the molecule is C[C@H]1CCC[C@H](C)N1C(=O)COc1ccc(C(=O)Nc2ccc(C(=O)c3nccn3C)cc2)cc1. The molecule has 35 heavy (non-hydrogen) atoms. The molecule has 4 rings (SSSR count). The van der Waals surface area contributed by atoms with Gasteiger partial charge in [-0.15, -0.1) is 0 Å². The van der Waals surface area contributed by atoms with Gasteiger partial charge in [0.05, 0.1) is 0 Å². The van der Waals surface area contributed by atoms with Gasteiger partial charge < -0.3 is 19.5 Å². The van der Waals surface area contributed by atoms with Crippen LogP contribution in [0.4, 0.5) is 5.69 Å². The molecule has 182 valence electrons. The van der Waals surface area contributed by atoms with Gasteiger partial charge in [-0.05, 0) is 81.6 Å². The minimum Gasteiger partial charge on any atom is -0.484 e. The number of imidazole rings is 1. The highest BCUT2D eigenvalue weighted by Crippen LogP contribution is 2.23. The molecule has 0 saturated carbocycles.